The summed E-state index contributed by atoms with van der Waals surface area (Å²) in [4.78, 5) is 0. The van der Waals surface area contributed by atoms with E-state index < -0.39 is 0 Å². The van der Waals surface area contributed by atoms with E-state index in [2.05, 4.69) is 38.5 Å². The Balaban J connectivity index is 3.25. The first kappa shape index (κ1) is 9.77. The van der Waals surface area contributed by atoms with Gasteiger partial charge in [-0.15, -0.1) is 0 Å². The summed E-state index contributed by atoms with van der Waals surface area (Å²) in [5, 5.41) is 0.728. The molecule has 11 heavy (non-hydrogen) atoms. The van der Waals surface area contributed by atoms with Crippen molar-refractivity contribution in [2.75, 3.05) is 0 Å². The fourth-order valence-corrected chi connectivity index (χ4v) is 3.03. The van der Waals surface area contributed by atoms with Gasteiger partial charge in [0.15, 0.2) is 0 Å². The third-order valence-electron chi connectivity index (χ3n) is 1.31. The van der Waals surface area contributed by atoms with Crippen molar-refractivity contribution in [3.8, 4) is 0 Å². The van der Waals surface area contributed by atoms with Gasteiger partial charge in [-0.25, -0.2) is 0 Å². The van der Waals surface area contributed by atoms with Crippen molar-refractivity contribution in [3.63, 3.8) is 0 Å². The largest absolute Gasteiger partial charge is 0.326 e. The van der Waals surface area contributed by atoms with Gasteiger partial charge in [0.1, 0.15) is 0 Å². The second-order valence-corrected chi connectivity index (χ2v) is 4.56. The Labute approximate surface area is 92.6 Å². The molecule has 0 radical (unpaired) electrons. The molecular formula is C7H6BrClIN. The molecule has 0 spiro atoms. The summed E-state index contributed by atoms with van der Waals surface area (Å²) < 4.78 is 2.09. The molecule has 0 fully saturated rings. The Morgan fingerprint density at radius 3 is 2.64 bits per heavy atom. The van der Waals surface area contributed by atoms with Crippen LogP contribution in [-0.4, -0.2) is 0 Å². The highest BCUT2D eigenvalue weighted by molar-refractivity contribution is 14.1. The summed E-state index contributed by atoms with van der Waals surface area (Å²) in [7, 11) is 0. The van der Waals surface area contributed by atoms with Crippen LogP contribution in [0.5, 0.6) is 0 Å². The van der Waals surface area contributed by atoms with E-state index in [0.29, 0.717) is 6.54 Å². The average Bonchev–Trinajstić information content (AvgIpc) is 1.85. The van der Waals surface area contributed by atoms with Crippen LogP contribution in [-0.2, 0) is 6.54 Å². The quantitative estimate of drug-likeness (QED) is 0.777. The zero-order valence-corrected chi connectivity index (χ0v) is 10.1. The molecule has 0 heterocycles. The summed E-state index contributed by atoms with van der Waals surface area (Å²) in [6.07, 6.45) is 0. The smallest absolute Gasteiger partial charge is 0.0472 e. The van der Waals surface area contributed by atoms with Crippen LogP contribution in [0.15, 0.2) is 16.6 Å². The lowest BCUT2D eigenvalue weighted by molar-refractivity contribution is 1.06. The zero-order valence-electron chi connectivity index (χ0n) is 5.57. The molecule has 1 rings (SSSR count). The Morgan fingerprint density at radius 1 is 1.55 bits per heavy atom. The van der Waals surface area contributed by atoms with E-state index in [4.69, 9.17) is 17.3 Å². The normalized spacial score (nSPS) is 10.2. The number of hydrogen-bond acceptors (Lipinski definition) is 1. The number of halogens is 3. The lowest BCUT2D eigenvalue weighted by Gasteiger charge is -2.04. The summed E-state index contributed by atoms with van der Waals surface area (Å²) in [5.74, 6) is 0. The second kappa shape index (κ2) is 4.07. The monoisotopic (exact) mass is 345 g/mol. The molecule has 0 unspecified atom stereocenters. The topological polar surface area (TPSA) is 26.0 Å². The first-order valence-corrected chi connectivity index (χ1v) is 5.23. The summed E-state index contributed by atoms with van der Waals surface area (Å²) in [6, 6.07) is 3.89. The fourth-order valence-electron chi connectivity index (χ4n) is 0.767. The molecule has 0 aliphatic carbocycles. The van der Waals surface area contributed by atoms with Gasteiger partial charge >= 0.3 is 0 Å². The predicted octanol–water partition coefficient (Wildman–Crippen LogP) is 3.17. The molecule has 0 saturated heterocycles. The van der Waals surface area contributed by atoms with E-state index in [1.807, 2.05) is 12.1 Å². The van der Waals surface area contributed by atoms with E-state index >= 15 is 0 Å². The van der Waals surface area contributed by atoms with Crippen LogP contribution in [0.1, 0.15) is 5.56 Å². The van der Waals surface area contributed by atoms with E-state index in [0.717, 1.165) is 18.6 Å². The summed E-state index contributed by atoms with van der Waals surface area (Å²) in [5.41, 5.74) is 6.45. The first-order valence-electron chi connectivity index (χ1n) is 2.98. The van der Waals surface area contributed by atoms with Crippen molar-refractivity contribution in [1.29, 1.82) is 0 Å². The van der Waals surface area contributed by atoms with Crippen molar-refractivity contribution in [1.82, 2.24) is 0 Å². The van der Waals surface area contributed by atoms with Gasteiger partial charge in [0, 0.05) is 19.6 Å². The van der Waals surface area contributed by atoms with Gasteiger partial charge in [-0.1, -0.05) is 27.5 Å². The van der Waals surface area contributed by atoms with Crippen LogP contribution in [0, 0.1) is 3.57 Å². The Morgan fingerprint density at radius 2 is 2.18 bits per heavy atom. The molecule has 0 amide bonds. The van der Waals surface area contributed by atoms with E-state index in [-0.39, 0.29) is 0 Å². The van der Waals surface area contributed by atoms with Crippen LogP contribution < -0.4 is 5.73 Å². The lowest BCUT2D eigenvalue weighted by atomic mass is 10.2. The maximum absolute atomic E-state index is 5.92. The Kier molecular flexibility index (Phi) is 3.61. The van der Waals surface area contributed by atoms with Gasteiger partial charge in [0.25, 0.3) is 0 Å². The van der Waals surface area contributed by atoms with E-state index in [9.17, 15) is 0 Å². The highest BCUT2D eigenvalue weighted by atomic mass is 127. The Hall–Kier alpha value is 0.680. The van der Waals surface area contributed by atoms with Gasteiger partial charge in [0.2, 0.25) is 0 Å². The molecule has 0 saturated carbocycles. The molecule has 60 valence electrons. The van der Waals surface area contributed by atoms with Crippen LogP contribution in [0.3, 0.4) is 0 Å². The lowest BCUT2D eigenvalue weighted by Crippen LogP contribution is -1.98. The SMILES string of the molecule is NCc1c(Cl)cc(I)cc1Br. The van der Waals surface area contributed by atoms with E-state index in [1.165, 1.54) is 0 Å². The van der Waals surface area contributed by atoms with Crippen molar-refractivity contribution in [3.05, 3.63) is 30.8 Å². The van der Waals surface area contributed by atoms with Crippen LogP contribution in [0.2, 0.25) is 5.02 Å². The summed E-state index contributed by atoms with van der Waals surface area (Å²) in [6.45, 7) is 0.469. The number of nitrogens with two attached hydrogens (primary N) is 1. The molecule has 1 aromatic rings. The van der Waals surface area contributed by atoms with Gasteiger partial charge < -0.3 is 5.73 Å². The third kappa shape index (κ3) is 2.31. The molecule has 1 aromatic carbocycles. The van der Waals surface area contributed by atoms with Crippen LogP contribution >= 0.6 is 50.1 Å². The van der Waals surface area contributed by atoms with Crippen LogP contribution in [0.25, 0.3) is 0 Å². The molecule has 4 heteroatoms. The molecule has 0 aliphatic heterocycles. The second-order valence-electron chi connectivity index (χ2n) is 2.05. The minimum atomic E-state index is 0.469. The van der Waals surface area contributed by atoms with E-state index in [1.54, 1.807) is 0 Å². The Bertz CT molecular complexity index is 254. The highest BCUT2D eigenvalue weighted by Crippen LogP contribution is 2.26. The molecular weight excluding hydrogens is 340 g/mol. The molecule has 0 atom stereocenters. The van der Waals surface area contributed by atoms with Gasteiger partial charge in [-0.05, 0) is 40.3 Å². The number of hydrogen-bond donors (Lipinski definition) is 1. The minimum Gasteiger partial charge on any atom is -0.326 e. The van der Waals surface area contributed by atoms with Gasteiger partial charge in [-0.2, -0.15) is 0 Å². The maximum atomic E-state index is 5.92. The first-order chi connectivity index (χ1) is 5.15. The molecule has 0 bridgehead atoms. The van der Waals surface area contributed by atoms with Gasteiger partial charge in [0.05, 0.1) is 0 Å². The maximum Gasteiger partial charge on any atom is 0.0472 e. The molecule has 2 N–H and O–H groups in total. The van der Waals surface area contributed by atoms with Gasteiger partial charge in [-0.3, -0.25) is 0 Å². The summed E-state index contributed by atoms with van der Waals surface area (Å²) >= 11 is 11.5. The number of benzene rings is 1. The van der Waals surface area contributed by atoms with Crippen LogP contribution in [0.4, 0.5) is 0 Å². The zero-order chi connectivity index (χ0) is 8.43. The molecule has 0 aliphatic rings. The van der Waals surface area contributed by atoms with Crippen molar-refractivity contribution < 1.29 is 0 Å². The standard InChI is InChI=1S/C7H6BrClIN/c8-6-1-4(10)2-7(9)5(6)3-11/h1-2H,3,11H2. The molecule has 1 nitrogen and oxygen atoms in total. The van der Waals surface area contributed by atoms with Crippen molar-refractivity contribution >= 4 is 50.1 Å². The fraction of sp³-hybridized carbons (Fsp3) is 0.143. The average molecular weight is 346 g/mol. The predicted molar refractivity (Wildman–Crippen MR) is 59.8 cm³/mol. The van der Waals surface area contributed by atoms with Crippen molar-refractivity contribution in [2.45, 2.75) is 6.54 Å². The highest BCUT2D eigenvalue weighted by Gasteiger charge is 2.03. The third-order valence-corrected chi connectivity index (χ3v) is 2.98. The number of rotatable bonds is 1. The van der Waals surface area contributed by atoms with Crippen molar-refractivity contribution in [2.24, 2.45) is 5.73 Å². The minimum absolute atomic E-state index is 0.469. The molecule has 0 aromatic heterocycles.